The van der Waals surface area contributed by atoms with E-state index in [1.54, 1.807) is 6.08 Å². The monoisotopic (exact) mass is 184 g/mol. The fourth-order valence-electron chi connectivity index (χ4n) is 1.39. The summed E-state index contributed by atoms with van der Waals surface area (Å²) in [6.45, 7) is 2.02. The molecule has 13 heavy (non-hydrogen) atoms. The summed E-state index contributed by atoms with van der Waals surface area (Å²) in [6, 6.07) is 0. The molecule has 0 bridgehead atoms. The van der Waals surface area contributed by atoms with Crippen molar-refractivity contribution in [3.63, 3.8) is 0 Å². The van der Waals surface area contributed by atoms with Crippen LogP contribution >= 0.6 is 0 Å². The highest BCUT2D eigenvalue weighted by Gasteiger charge is 2.27. The molecule has 0 aromatic heterocycles. The van der Waals surface area contributed by atoms with Crippen LogP contribution in [-0.4, -0.2) is 38.3 Å². The van der Waals surface area contributed by atoms with Gasteiger partial charge in [-0.3, -0.25) is 4.79 Å². The molecule has 4 nitrogen and oxygen atoms in total. The summed E-state index contributed by atoms with van der Waals surface area (Å²) in [7, 11) is 0. The minimum Gasteiger partial charge on any atom is -0.490 e. The first kappa shape index (κ1) is 8.72. The Morgan fingerprint density at radius 1 is 1.38 bits per heavy atom. The quantitative estimate of drug-likeness (QED) is 0.618. The van der Waals surface area contributed by atoms with Crippen LogP contribution in [0.25, 0.3) is 0 Å². The van der Waals surface area contributed by atoms with E-state index in [2.05, 4.69) is 0 Å². The molecule has 4 heteroatoms. The first-order valence-electron chi connectivity index (χ1n) is 4.44. The van der Waals surface area contributed by atoms with Gasteiger partial charge in [0.15, 0.2) is 5.76 Å². The number of rotatable bonds is 2. The van der Waals surface area contributed by atoms with Gasteiger partial charge < -0.3 is 14.2 Å². The van der Waals surface area contributed by atoms with Crippen LogP contribution in [0.4, 0.5) is 0 Å². The molecule has 0 N–H and O–H groups in total. The fraction of sp³-hybridized carbons (Fsp3) is 0.667. The van der Waals surface area contributed by atoms with E-state index in [4.69, 9.17) is 14.2 Å². The van der Waals surface area contributed by atoms with Gasteiger partial charge in [0.2, 0.25) is 5.78 Å². The van der Waals surface area contributed by atoms with Gasteiger partial charge in [0.05, 0.1) is 26.4 Å². The Morgan fingerprint density at radius 2 is 2.31 bits per heavy atom. The van der Waals surface area contributed by atoms with E-state index in [0.717, 1.165) is 6.42 Å². The lowest BCUT2D eigenvalue weighted by Gasteiger charge is -2.21. The molecule has 2 aliphatic rings. The third-order valence-electron chi connectivity index (χ3n) is 2.06. The Kier molecular flexibility index (Phi) is 2.61. The lowest BCUT2D eigenvalue weighted by atomic mass is 10.2. The van der Waals surface area contributed by atoms with Crippen LogP contribution in [0.1, 0.15) is 6.42 Å². The Balaban J connectivity index is 1.94. The largest absolute Gasteiger partial charge is 0.490 e. The van der Waals surface area contributed by atoms with Crippen molar-refractivity contribution in [1.29, 1.82) is 0 Å². The van der Waals surface area contributed by atoms with Gasteiger partial charge in [-0.2, -0.15) is 0 Å². The van der Waals surface area contributed by atoms with Crippen LogP contribution in [0.15, 0.2) is 11.8 Å². The molecule has 0 radical (unpaired) electrons. The molecule has 72 valence electrons. The van der Waals surface area contributed by atoms with E-state index in [-0.39, 0.29) is 5.78 Å². The minimum atomic E-state index is -0.460. The lowest BCUT2D eigenvalue weighted by Crippen LogP contribution is -2.36. The predicted octanol–water partition coefficient (Wildman–Crippen LogP) is 0.275. The van der Waals surface area contributed by atoms with Crippen LogP contribution in [0.3, 0.4) is 0 Å². The van der Waals surface area contributed by atoms with E-state index in [1.165, 1.54) is 0 Å². The lowest BCUT2D eigenvalue weighted by molar-refractivity contribution is -0.144. The van der Waals surface area contributed by atoms with E-state index >= 15 is 0 Å². The molecule has 0 aliphatic carbocycles. The smallest absolute Gasteiger partial charge is 0.228 e. The number of carbonyl (C=O) groups is 1. The van der Waals surface area contributed by atoms with Gasteiger partial charge in [0, 0.05) is 6.42 Å². The second kappa shape index (κ2) is 3.89. The van der Waals surface area contributed by atoms with Crippen molar-refractivity contribution in [2.24, 2.45) is 0 Å². The summed E-state index contributed by atoms with van der Waals surface area (Å²) in [6.07, 6.45) is 2.16. The number of ether oxygens (including phenoxy) is 3. The van der Waals surface area contributed by atoms with Crippen molar-refractivity contribution in [3.05, 3.63) is 11.8 Å². The number of hydrogen-bond acceptors (Lipinski definition) is 4. The molecule has 2 rings (SSSR count). The standard InChI is InChI=1S/C9H12O4/c10-9(7-2-1-3-12-7)8-6-11-4-5-13-8/h2,8H,1,3-6H2. The Hall–Kier alpha value is -0.870. The molecular formula is C9H12O4. The van der Waals surface area contributed by atoms with Crippen molar-refractivity contribution in [3.8, 4) is 0 Å². The number of ketones is 1. The molecule has 0 spiro atoms. The van der Waals surface area contributed by atoms with Crippen molar-refractivity contribution in [1.82, 2.24) is 0 Å². The summed E-state index contributed by atoms with van der Waals surface area (Å²) >= 11 is 0. The minimum absolute atomic E-state index is 0.0859. The van der Waals surface area contributed by atoms with Crippen LogP contribution in [0.5, 0.6) is 0 Å². The van der Waals surface area contributed by atoms with Crippen LogP contribution < -0.4 is 0 Å². The molecule has 2 aliphatic heterocycles. The highest BCUT2D eigenvalue weighted by Crippen LogP contribution is 2.14. The van der Waals surface area contributed by atoms with Crippen LogP contribution in [-0.2, 0) is 19.0 Å². The van der Waals surface area contributed by atoms with Gasteiger partial charge in [0.25, 0.3) is 0 Å². The normalized spacial score (nSPS) is 28.0. The van der Waals surface area contributed by atoms with Crippen LogP contribution in [0.2, 0.25) is 0 Å². The molecule has 1 unspecified atom stereocenters. The molecule has 1 atom stereocenters. The average molecular weight is 184 g/mol. The van der Waals surface area contributed by atoms with Gasteiger partial charge in [-0.05, 0) is 6.08 Å². The SMILES string of the molecule is O=C(C1=CCCO1)C1COCCO1. The van der Waals surface area contributed by atoms with Gasteiger partial charge in [-0.1, -0.05) is 0 Å². The topological polar surface area (TPSA) is 44.8 Å². The molecule has 0 aromatic carbocycles. The third-order valence-corrected chi connectivity index (χ3v) is 2.06. The maximum Gasteiger partial charge on any atom is 0.228 e. The van der Waals surface area contributed by atoms with Crippen molar-refractivity contribution in [2.45, 2.75) is 12.5 Å². The molecule has 2 heterocycles. The summed E-state index contributed by atoms with van der Waals surface area (Å²) < 4.78 is 15.5. The van der Waals surface area contributed by atoms with E-state index in [1.807, 2.05) is 0 Å². The Morgan fingerprint density at radius 3 is 2.92 bits per heavy atom. The summed E-state index contributed by atoms with van der Waals surface area (Å²) in [5.41, 5.74) is 0. The Labute approximate surface area is 76.5 Å². The van der Waals surface area contributed by atoms with Gasteiger partial charge in [0.1, 0.15) is 6.10 Å². The fourth-order valence-corrected chi connectivity index (χ4v) is 1.39. The summed E-state index contributed by atoms with van der Waals surface area (Å²) in [5, 5.41) is 0. The second-order valence-corrected chi connectivity index (χ2v) is 3.00. The summed E-state index contributed by atoms with van der Waals surface area (Å²) in [4.78, 5) is 11.6. The van der Waals surface area contributed by atoms with E-state index in [0.29, 0.717) is 32.2 Å². The maximum absolute atomic E-state index is 11.6. The number of carbonyl (C=O) groups excluding carboxylic acids is 1. The molecule has 0 amide bonds. The van der Waals surface area contributed by atoms with Crippen LogP contribution in [0, 0.1) is 0 Å². The first-order valence-corrected chi connectivity index (χ1v) is 4.44. The van der Waals surface area contributed by atoms with Crippen molar-refractivity contribution < 1.29 is 19.0 Å². The zero-order valence-electron chi connectivity index (χ0n) is 7.32. The third kappa shape index (κ3) is 1.89. The molecule has 1 saturated heterocycles. The summed E-state index contributed by atoms with van der Waals surface area (Å²) in [5.74, 6) is 0.354. The number of Topliss-reactive ketones (excluding diaryl/α,β-unsaturated/α-hetero) is 1. The zero-order chi connectivity index (χ0) is 9.10. The van der Waals surface area contributed by atoms with E-state index < -0.39 is 6.10 Å². The molecule has 0 saturated carbocycles. The Bertz CT molecular complexity index is 228. The average Bonchev–Trinajstić information content (AvgIpc) is 2.71. The molecule has 0 aromatic rings. The first-order chi connectivity index (χ1) is 6.38. The zero-order valence-corrected chi connectivity index (χ0v) is 7.32. The van der Waals surface area contributed by atoms with Crippen molar-refractivity contribution in [2.75, 3.05) is 26.4 Å². The number of hydrogen-bond donors (Lipinski definition) is 0. The van der Waals surface area contributed by atoms with Gasteiger partial charge in [-0.25, -0.2) is 0 Å². The van der Waals surface area contributed by atoms with E-state index in [9.17, 15) is 4.79 Å². The molecule has 1 fully saturated rings. The maximum atomic E-state index is 11.6. The van der Waals surface area contributed by atoms with Gasteiger partial charge >= 0.3 is 0 Å². The highest BCUT2D eigenvalue weighted by molar-refractivity contribution is 5.97. The predicted molar refractivity (Wildman–Crippen MR) is 44.2 cm³/mol. The van der Waals surface area contributed by atoms with Crippen molar-refractivity contribution >= 4 is 5.78 Å². The molecular weight excluding hydrogens is 172 g/mol. The van der Waals surface area contributed by atoms with Gasteiger partial charge in [-0.15, -0.1) is 0 Å². The second-order valence-electron chi connectivity index (χ2n) is 3.00. The highest BCUT2D eigenvalue weighted by atomic mass is 16.6.